The third-order valence-corrected chi connectivity index (χ3v) is 4.39. The summed E-state index contributed by atoms with van der Waals surface area (Å²) in [5.74, 6) is -4.38. The second-order valence-corrected chi connectivity index (χ2v) is 6.81. The van der Waals surface area contributed by atoms with Gasteiger partial charge in [0, 0.05) is 39.1 Å². The lowest BCUT2D eigenvalue weighted by molar-refractivity contribution is -0.193. The highest BCUT2D eigenvalue weighted by atomic mass is 19.4. The molecule has 1 aliphatic heterocycles. The molecule has 2 aromatic heterocycles. The SMILES string of the molecule is COCc1cnc2n1CCN(Cc1cccnc1)C2C.O=C(O)C(F)(F)F.O=C(O)C(F)(F)F. The molecule has 15 heteroatoms. The molecule has 0 radical (unpaired) electrons. The molecule has 1 aliphatic rings. The molecule has 0 fully saturated rings. The Morgan fingerprint density at radius 1 is 1.09 bits per heavy atom. The van der Waals surface area contributed by atoms with Gasteiger partial charge in [0.2, 0.25) is 0 Å². The third kappa shape index (κ3) is 8.97. The van der Waals surface area contributed by atoms with Gasteiger partial charge in [-0.15, -0.1) is 0 Å². The molecule has 0 saturated heterocycles. The van der Waals surface area contributed by atoms with Crippen molar-refractivity contribution in [2.75, 3.05) is 13.7 Å². The van der Waals surface area contributed by atoms with Crippen LogP contribution in [0.2, 0.25) is 0 Å². The first-order valence-corrected chi connectivity index (χ1v) is 9.44. The van der Waals surface area contributed by atoms with E-state index in [1.807, 2.05) is 24.7 Å². The molecule has 0 amide bonds. The standard InChI is InChI=1S/C15H20N4O.2C2HF3O2/c1-12-15-17-9-14(11-20-2)19(15)7-6-18(12)10-13-4-3-5-16-8-13;2*3-2(4,5)1(6)7/h3-5,8-9,12H,6-7,10-11H2,1-2H3;2*(H,6,7). The highest BCUT2D eigenvalue weighted by molar-refractivity contribution is 5.73. The van der Waals surface area contributed by atoms with E-state index in [-0.39, 0.29) is 0 Å². The molecule has 3 rings (SSSR count). The number of aromatic nitrogens is 3. The molecule has 0 saturated carbocycles. The fourth-order valence-electron chi connectivity index (χ4n) is 2.81. The van der Waals surface area contributed by atoms with Crippen molar-refractivity contribution >= 4 is 11.9 Å². The molecule has 0 aromatic carbocycles. The molecular weight excluding hydrogens is 478 g/mol. The largest absolute Gasteiger partial charge is 0.490 e. The predicted octanol–water partition coefficient (Wildman–Crippen LogP) is 3.27. The Hall–Kier alpha value is -3.20. The van der Waals surface area contributed by atoms with Crippen LogP contribution in [-0.4, -0.2) is 67.6 Å². The van der Waals surface area contributed by atoms with Crippen LogP contribution in [0.3, 0.4) is 0 Å². The minimum atomic E-state index is -5.08. The fraction of sp³-hybridized carbons (Fsp3) is 0.474. The maximum Gasteiger partial charge on any atom is 0.490 e. The summed E-state index contributed by atoms with van der Waals surface area (Å²) in [5, 5.41) is 14.2. The molecule has 1 unspecified atom stereocenters. The predicted molar refractivity (Wildman–Crippen MR) is 103 cm³/mol. The van der Waals surface area contributed by atoms with E-state index in [0.29, 0.717) is 12.6 Å². The minimum Gasteiger partial charge on any atom is -0.475 e. The Morgan fingerprint density at radius 2 is 1.65 bits per heavy atom. The lowest BCUT2D eigenvalue weighted by Crippen LogP contribution is -2.37. The molecule has 0 aliphatic carbocycles. The number of carbonyl (C=O) groups is 2. The number of rotatable bonds is 4. The van der Waals surface area contributed by atoms with Crippen LogP contribution in [0.15, 0.2) is 30.7 Å². The van der Waals surface area contributed by atoms with Gasteiger partial charge in [-0.1, -0.05) is 6.07 Å². The van der Waals surface area contributed by atoms with Gasteiger partial charge in [-0.25, -0.2) is 14.6 Å². The number of imidazole rings is 1. The van der Waals surface area contributed by atoms with Crippen molar-refractivity contribution in [3.63, 3.8) is 0 Å². The van der Waals surface area contributed by atoms with Gasteiger partial charge >= 0.3 is 24.3 Å². The summed E-state index contributed by atoms with van der Waals surface area (Å²) in [4.78, 5) is 29.0. The lowest BCUT2D eigenvalue weighted by atomic mass is 10.1. The molecule has 0 bridgehead atoms. The zero-order chi connectivity index (χ0) is 26.1. The van der Waals surface area contributed by atoms with E-state index >= 15 is 0 Å². The molecule has 2 N–H and O–H groups in total. The van der Waals surface area contributed by atoms with Gasteiger partial charge in [-0.05, 0) is 18.6 Å². The van der Waals surface area contributed by atoms with Crippen LogP contribution in [0.5, 0.6) is 0 Å². The average Bonchev–Trinajstić information content (AvgIpc) is 3.14. The second-order valence-electron chi connectivity index (χ2n) is 6.81. The highest BCUT2D eigenvalue weighted by Crippen LogP contribution is 2.26. The number of halogens is 6. The van der Waals surface area contributed by atoms with E-state index in [4.69, 9.17) is 24.5 Å². The number of carboxylic acid groups (broad SMARTS) is 2. The summed E-state index contributed by atoms with van der Waals surface area (Å²) >= 11 is 0. The summed E-state index contributed by atoms with van der Waals surface area (Å²) in [5.41, 5.74) is 2.41. The van der Waals surface area contributed by atoms with Crippen LogP contribution in [0.4, 0.5) is 26.3 Å². The Balaban J connectivity index is 0.000000343. The number of carboxylic acids is 2. The van der Waals surface area contributed by atoms with Crippen LogP contribution in [-0.2, 0) is 34.0 Å². The number of ether oxygens (including phenoxy) is 1. The van der Waals surface area contributed by atoms with Crippen molar-refractivity contribution in [3.8, 4) is 0 Å². The second kappa shape index (κ2) is 12.3. The summed E-state index contributed by atoms with van der Waals surface area (Å²) in [6, 6.07) is 4.42. The quantitative estimate of drug-likeness (QED) is 0.615. The number of pyridine rings is 1. The molecule has 3 heterocycles. The topological polar surface area (TPSA) is 118 Å². The number of nitrogens with zero attached hydrogens (tertiary/aromatic N) is 4. The van der Waals surface area contributed by atoms with Crippen LogP contribution in [0.1, 0.15) is 30.0 Å². The molecule has 2 aromatic rings. The summed E-state index contributed by atoms with van der Waals surface area (Å²) in [6.45, 7) is 5.75. The van der Waals surface area contributed by atoms with Gasteiger partial charge in [0.25, 0.3) is 0 Å². The van der Waals surface area contributed by atoms with Crippen molar-refractivity contribution in [1.29, 1.82) is 0 Å². The van der Waals surface area contributed by atoms with Crippen LogP contribution in [0.25, 0.3) is 0 Å². The molecule has 1 atom stereocenters. The maximum atomic E-state index is 10.6. The van der Waals surface area contributed by atoms with Gasteiger partial charge in [-0.3, -0.25) is 9.88 Å². The first-order chi connectivity index (χ1) is 15.7. The summed E-state index contributed by atoms with van der Waals surface area (Å²) in [6.07, 6.45) is -4.49. The average molecular weight is 500 g/mol. The monoisotopic (exact) mass is 500 g/mol. The van der Waals surface area contributed by atoms with E-state index in [1.54, 1.807) is 7.11 Å². The molecule has 9 nitrogen and oxygen atoms in total. The van der Waals surface area contributed by atoms with Gasteiger partial charge < -0.3 is 19.5 Å². The molecular formula is C19H22F6N4O5. The van der Waals surface area contributed by atoms with Crippen LogP contribution < -0.4 is 0 Å². The molecule has 190 valence electrons. The fourth-order valence-corrected chi connectivity index (χ4v) is 2.81. The van der Waals surface area contributed by atoms with Gasteiger partial charge in [0.15, 0.2) is 0 Å². The highest BCUT2D eigenvalue weighted by Gasteiger charge is 2.38. The first-order valence-electron chi connectivity index (χ1n) is 9.44. The van der Waals surface area contributed by atoms with E-state index in [2.05, 4.69) is 32.4 Å². The van der Waals surface area contributed by atoms with Gasteiger partial charge in [0.1, 0.15) is 5.82 Å². The van der Waals surface area contributed by atoms with Crippen molar-refractivity contribution in [1.82, 2.24) is 19.4 Å². The van der Waals surface area contributed by atoms with E-state index in [0.717, 1.165) is 31.2 Å². The number of fused-ring (bicyclic) bond motifs is 1. The number of alkyl halides is 6. The van der Waals surface area contributed by atoms with E-state index in [9.17, 15) is 26.3 Å². The van der Waals surface area contributed by atoms with E-state index in [1.165, 1.54) is 5.56 Å². The summed E-state index contributed by atoms with van der Waals surface area (Å²) < 4.78 is 71.0. The maximum absolute atomic E-state index is 10.6. The number of hydrogen-bond acceptors (Lipinski definition) is 6. The summed E-state index contributed by atoms with van der Waals surface area (Å²) in [7, 11) is 1.72. The van der Waals surface area contributed by atoms with Gasteiger partial charge in [0.05, 0.1) is 24.5 Å². The number of hydrogen-bond donors (Lipinski definition) is 2. The van der Waals surface area contributed by atoms with Crippen molar-refractivity contribution in [2.24, 2.45) is 0 Å². The zero-order valence-electron chi connectivity index (χ0n) is 18.0. The number of aliphatic carboxylic acids is 2. The lowest BCUT2D eigenvalue weighted by Gasteiger charge is -2.34. The van der Waals surface area contributed by atoms with Gasteiger partial charge in [-0.2, -0.15) is 26.3 Å². The van der Waals surface area contributed by atoms with Crippen molar-refractivity contribution in [3.05, 3.63) is 47.8 Å². The van der Waals surface area contributed by atoms with Crippen molar-refractivity contribution in [2.45, 2.75) is 45.0 Å². The Labute approximate surface area is 189 Å². The number of methoxy groups -OCH3 is 1. The molecule has 0 spiro atoms. The van der Waals surface area contributed by atoms with Crippen LogP contribution in [0, 0.1) is 0 Å². The first kappa shape index (κ1) is 28.8. The van der Waals surface area contributed by atoms with E-state index < -0.39 is 24.3 Å². The zero-order valence-corrected chi connectivity index (χ0v) is 18.0. The third-order valence-electron chi connectivity index (χ3n) is 4.39. The smallest absolute Gasteiger partial charge is 0.475 e. The molecule has 34 heavy (non-hydrogen) atoms. The van der Waals surface area contributed by atoms with Crippen molar-refractivity contribution < 1.29 is 50.9 Å². The van der Waals surface area contributed by atoms with Crippen LogP contribution >= 0.6 is 0 Å². The Bertz CT molecular complexity index is 909. The minimum absolute atomic E-state index is 0.314. The Kier molecular flexibility index (Phi) is 10.4. The normalized spacial score (nSPS) is 15.8. The Morgan fingerprint density at radius 3 is 2.09 bits per heavy atom.